The number of nitrogens with zero attached hydrogens (tertiary/aromatic N) is 3. The van der Waals surface area contributed by atoms with Crippen LogP contribution < -0.4 is 15.1 Å². The van der Waals surface area contributed by atoms with Gasteiger partial charge in [0, 0.05) is 35.4 Å². The molecule has 1 aliphatic heterocycles. The number of amides is 3. The molecular formula is C31H26Cl2N4O4. The van der Waals surface area contributed by atoms with Gasteiger partial charge >= 0.3 is 12.0 Å². The number of para-hydroxylation sites is 2. The highest BCUT2D eigenvalue weighted by molar-refractivity contribution is 6.31. The third-order valence-electron chi connectivity index (χ3n) is 6.85. The second kappa shape index (κ2) is 12.0. The molecule has 4 aromatic rings. The summed E-state index contributed by atoms with van der Waals surface area (Å²) in [6.07, 6.45) is 0. The van der Waals surface area contributed by atoms with Gasteiger partial charge in [-0.2, -0.15) is 0 Å². The fraction of sp³-hybridized carbons (Fsp3) is 0.129. The molecule has 0 aromatic heterocycles. The molecule has 0 radical (unpaired) electrons. The van der Waals surface area contributed by atoms with Gasteiger partial charge in [-0.15, -0.1) is 0 Å². The largest absolute Gasteiger partial charge is 0.479 e. The van der Waals surface area contributed by atoms with Crippen molar-refractivity contribution in [1.29, 1.82) is 0 Å². The number of nitrogens with one attached hydrogen (secondary N) is 1. The van der Waals surface area contributed by atoms with Crippen LogP contribution in [0.1, 0.15) is 0 Å². The van der Waals surface area contributed by atoms with Gasteiger partial charge < -0.3 is 10.4 Å². The summed E-state index contributed by atoms with van der Waals surface area (Å²) >= 11 is 12.6. The van der Waals surface area contributed by atoms with E-state index in [-0.39, 0.29) is 19.6 Å². The first-order valence-electron chi connectivity index (χ1n) is 12.8. The van der Waals surface area contributed by atoms with Gasteiger partial charge in [0.15, 0.2) is 0 Å². The second-order valence-corrected chi connectivity index (χ2v) is 10.3. The fourth-order valence-electron chi connectivity index (χ4n) is 4.92. The van der Waals surface area contributed by atoms with Gasteiger partial charge in [0.05, 0.1) is 17.1 Å². The average Bonchev–Trinajstić information content (AvgIpc) is 2.98. The number of carbonyl (C=O) groups excluding carboxylic acids is 2. The maximum atomic E-state index is 14.7. The molecule has 3 amide bonds. The van der Waals surface area contributed by atoms with Crippen LogP contribution >= 0.6 is 23.2 Å². The topological polar surface area (TPSA) is 93.2 Å². The van der Waals surface area contributed by atoms with Crippen molar-refractivity contribution < 1.29 is 19.5 Å². The summed E-state index contributed by atoms with van der Waals surface area (Å²) in [6.45, 7) is -0.0668. The van der Waals surface area contributed by atoms with Crippen molar-refractivity contribution in [3.63, 3.8) is 0 Å². The Morgan fingerprint density at radius 2 is 1.20 bits per heavy atom. The molecule has 1 saturated heterocycles. The van der Waals surface area contributed by atoms with Crippen molar-refractivity contribution in [2.45, 2.75) is 5.54 Å². The lowest BCUT2D eigenvalue weighted by atomic mass is 9.92. The van der Waals surface area contributed by atoms with E-state index in [4.69, 9.17) is 23.2 Å². The van der Waals surface area contributed by atoms with E-state index >= 15 is 0 Å². The first-order chi connectivity index (χ1) is 19.8. The molecule has 0 bridgehead atoms. The monoisotopic (exact) mass is 588 g/mol. The number of carboxylic acid groups (broad SMARTS) is 1. The fourth-order valence-corrected chi connectivity index (χ4v) is 5.29. The van der Waals surface area contributed by atoms with E-state index in [1.165, 1.54) is 9.80 Å². The molecule has 0 saturated carbocycles. The van der Waals surface area contributed by atoms with Crippen molar-refractivity contribution in [2.24, 2.45) is 0 Å². The predicted octanol–water partition coefficient (Wildman–Crippen LogP) is 6.35. The van der Waals surface area contributed by atoms with E-state index < -0.39 is 23.4 Å². The number of halogens is 2. The highest BCUT2D eigenvalue weighted by Crippen LogP contribution is 2.36. The smallest absolute Gasteiger partial charge is 0.341 e. The number of hydrogen-bond donors (Lipinski definition) is 2. The summed E-state index contributed by atoms with van der Waals surface area (Å²) in [5.41, 5.74) is -0.609. The van der Waals surface area contributed by atoms with E-state index in [9.17, 15) is 19.5 Å². The molecule has 0 aliphatic carbocycles. The maximum Gasteiger partial charge on any atom is 0.341 e. The van der Waals surface area contributed by atoms with E-state index in [1.807, 2.05) is 6.07 Å². The number of anilines is 4. The maximum absolute atomic E-state index is 14.7. The zero-order chi connectivity index (χ0) is 29.0. The molecule has 4 aromatic carbocycles. The zero-order valence-electron chi connectivity index (χ0n) is 21.8. The van der Waals surface area contributed by atoms with E-state index in [0.29, 0.717) is 32.8 Å². The highest BCUT2D eigenvalue weighted by atomic mass is 35.5. The van der Waals surface area contributed by atoms with Crippen LogP contribution in [0.2, 0.25) is 10.0 Å². The quantitative estimate of drug-likeness (QED) is 0.256. The Labute approximate surface area is 247 Å². The van der Waals surface area contributed by atoms with Crippen LogP contribution in [0, 0.1) is 0 Å². The Kier molecular flexibility index (Phi) is 8.26. The van der Waals surface area contributed by atoms with Crippen LogP contribution in [0.15, 0.2) is 109 Å². The summed E-state index contributed by atoms with van der Waals surface area (Å²) in [4.78, 5) is 46.2. The van der Waals surface area contributed by atoms with Gasteiger partial charge in [0.25, 0.3) is 5.91 Å². The molecule has 1 unspecified atom stereocenters. The van der Waals surface area contributed by atoms with Crippen LogP contribution in [0.25, 0.3) is 0 Å². The summed E-state index contributed by atoms with van der Waals surface area (Å²) in [5.74, 6) is -2.29. The number of carbonyl (C=O) groups is 3. The van der Waals surface area contributed by atoms with E-state index in [0.717, 1.165) is 4.90 Å². The van der Waals surface area contributed by atoms with Crippen LogP contribution in [-0.4, -0.2) is 53.1 Å². The van der Waals surface area contributed by atoms with Gasteiger partial charge in [0.2, 0.25) is 5.54 Å². The molecule has 41 heavy (non-hydrogen) atoms. The molecule has 1 atom stereocenters. The SMILES string of the molecule is O=C(N(c1ccccc1)c1cccc(Cl)c1)N1CCNCC1(C(=O)O)C(=O)N(c1ccccc1)c1cccc(Cl)c1. The van der Waals surface area contributed by atoms with Crippen molar-refractivity contribution in [2.75, 3.05) is 29.4 Å². The number of urea groups is 1. The van der Waals surface area contributed by atoms with Crippen LogP contribution in [0.3, 0.4) is 0 Å². The minimum Gasteiger partial charge on any atom is -0.479 e. The number of rotatable bonds is 6. The Hall–Kier alpha value is -4.37. The van der Waals surface area contributed by atoms with Crippen molar-refractivity contribution >= 4 is 63.9 Å². The lowest BCUT2D eigenvalue weighted by molar-refractivity contribution is -0.156. The van der Waals surface area contributed by atoms with Crippen LogP contribution in [0.5, 0.6) is 0 Å². The molecule has 1 aliphatic rings. The van der Waals surface area contributed by atoms with Gasteiger partial charge in [-0.05, 0) is 60.7 Å². The van der Waals surface area contributed by atoms with Gasteiger partial charge in [-0.3, -0.25) is 19.5 Å². The normalized spacial score (nSPS) is 16.6. The standard InChI is InChI=1S/C31H26Cl2N4O4/c32-22-9-7-15-26(19-22)36(24-11-3-1-4-12-24)28(38)31(29(39)40)21-34-17-18-35(31)30(41)37(25-13-5-2-6-14-25)27-16-8-10-23(33)20-27/h1-16,19-20,34H,17-18,21H2,(H,39,40). The first-order valence-corrected chi connectivity index (χ1v) is 13.6. The van der Waals surface area contributed by atoms with E-state index in [2.05, 4.69) is 5.32 Å². The molecule has 1 heterocycles. The summed E-state index contributed by atoms with van der Waals surface area (Å²) in [6, 6.07) is 30.0. The Morgan fingerprint density at radius 3 is 1.71 bits per heavy atom. The molecule has 2 N–H and O–H groups in total. The molecule has 0 spiro atoms. The number of aliphatic carboxylic acids is 1. The van der Waals surface area contributed by atoms with Crippen molar-refractivity contribution in [1.82, 2.24) is 10.2 Å². The summed E-state index contributed by atoms with van der Waals surface area (Å²) in [5, 5.41) is 14.6. The molecule has 8 nitrogen and oxygen atoms in total. The lowest BCUT2D eigenvalue weighted by Gasteiger charge is -2.46. The van der Waals surface area contributed by atoms with Gasteiger partial charge in [-0.1, -0.05) is 71.7 Å². The minimum atomic E-state index is -2.31. The number of carboxylic acids is 1. The van der Waals surface area contributed by atoms with Crippen molar-refractivity contribution in [3.05, 3.63) is 119 Å². The first kappa shape index (κ1) is 28.2. The molecule has 208 valence electrons. The Bertz CT molecular complexity index is 1570. The molecule has 10 heteroatoms. The average molecular weight is 589 g/mol. The predicted molar refractivity (Wildman–Crippen MR) is 160 cm³/mol. The highest BCUT2D eigenvalue weighted by Gasteiger charge is 2.57. The Morgan fingerprint density at radius 1 is 0.707 bits per heavy atom. The van der Waals surface area contributed by atoms with Gasteiger partial charge in [0.1, 0.15) is 0 Å². The zero-order valence-corrected chi connectivity index (χ0v) is 23.3. The molecular weight excluding hydrogens is 563 g/mol. The summed E-state index contributed by atoms with van der Waals surface area (Å²) < 4.78 is 0. The van der Waals surface area contributed by atoms with E-state index in [1.54, 1.807) is 103 Å². The van der Waals surface area contributed by atoms with Crippen molar-refractivity contribution in [3.8, 4) is 0 Å². The minimum absolute atomic E-state index is 0.0427. The van der Waals surface area contributed by atoms with Gasteiger partial charge in [-0.25, -0.2) is 9.59 Å². The lowest BCUT2D eigenvalue weighted by Crippen LogP contribution is -2.74. The third kappa shape index (κ3) is 5.50. The molecule has 5 rings (SSSR count). The third-order valence-corrected chi connectivity index (χ3v) is 7.32. The Balaban J connectivity index is 1.67. The van der Waals surface area contributed by atoms with Crippen LogP contribution in [0.4, 0.5) is 27.5 Å². The number of hydrogen-bond acceptors (Lipinski definition) is 4. The number of piperazine rings is 1. The molecule has 1 fully saturated rings. The number of benzene rings is 4. The second-order valence-electron chi connectivity index (χ2n) is 9.38. The summed E-state index contributed by atoms with van der Waals surface area (Å²) in [7, 11) is 0. The van der Waals surface area contributed by atoms with Crippen LogP contribution in [-0.2, 0) is 9.59 Å².